The summed E-state index contributed by atoms with van der Waals surface area (Å²) in [5, 5.41) is 8.25. The van der Waals surface area contributed by atoms with Crippen molar-refractivity contribution < 1.29 is 4.42 Å². The molecule has 0 aliphatic carbocycles. The Kier molecular flexibility index (Phi) is 3.82. The van der Waals surface area contributed by atoms with Crippen molar-refractivity contribution in [3.05, 3.63) is 109 Å². The lowest BCUT2D eigenvalue weighted by atomic mass is 9.99. The quantitative estimate of drug-likeness (QED) is 0.332. The van der Waals surface area contributed by atoms with E-state index in [1.54, 1.807) is 0 Å². The van der Waals surface area contributed by atoms with Gasteiger partial charge < -0.3 is 9.73 Å². The molecule has 0 spiro atoms. The zero-order valence-corrected chi connectivity index (χ0v) is 16.3. The second-order valence-electron chi connectivity index (χ2n) is 7.49. The van der Waals surface area contributed by atoms with Crippen molar-refractivity contribution in [2.45, 2.75) is 0 Å². The minimum Gasteiger partial charge on any atom is -0.453 e. The summed E-state index contributed by atoms with van der Waals surface area (Å²) in [6.07, 6.45) is 0. The molecule has 6 rings (SSSR count). The molecule has 1 N–H and O–H groups in total. The summed E-state index contributed by atoms with van der Waals surface area (Å²) in [7, 11) is 0. The monoisotopic (exact) mass is 385 g/mol. The molecular weight excluding hydrogens is 366 g/mol. The summed E-state index contributed by atoms with van der Waals surface area (Å²) >= 11 is 0. The van der Waals surface area contributed by atoms with Crippen LogP contribution in [-0.2, 0) is 0 Å². The van der Waals surface area contributed by atoms with Gasteiger partial charge in [0.05, 0.1) is 5.69 Å². The van der Waals surface area contributed by atoms with Crippen molar-refractivity contribution in [2.24, 2.45) is 0 Å². The number of anilines is 2. The zero-order valence-electron chi connectivity index (χ0n) is 16.3. The molecule has 0 fully saturated rings. The topological polar surface area (TPSA) is 25.2 Å². The minimum absolute atomic E-state index is 0.885. The molecule has 0 unspecified atom stereocenters. The first-order valence-corrected chi connectivity index (χ1v) is 10.1. The molecule has 142 valence electrons. The van der Waals surface area contributed by atoms with Crippen molar-refractivity contribution in [2.75, 3.05) is 5.32 Å². The van der Waals surface area contributed by atoms with Gasteiger partial charge in [0.15, 0.2) is 5.58 Å². The zero-order chi connectivity index (χ0) is 19.9. The largest absolute Gasteiger partial charge is 0.453 e. The number of benzene rings is 5. The molecule has 0 saturated carbocycles. The van der Waals surface area contributed by atoms with Gasteiger partial charge in [-0.25, -0.2) is 0 Å². The summed E-state index contributed by atoms with van der Waals surface area (Å²) in [5.41, 5.74) is 6.09. The first-order chi connectivity index (χ1) is 14.9. The second-order valence-corrected chi connectivity index (χ2v) is 7.49. The predicted molar refractivity (Wildman–Crippen MR) is 126 cm³/mol. The smallest absolute Gasteiger partial charge is 0.159 e. The van der Waals surface area contributed by atoms with Crippen LogP contribution in [0.25, 0.3) is 43.8 Å². The van der Waals surface area contributed by atoms with Gasteiger partial charge >= 0.3 is 0 Å². The van der Waals surface area contributed by atoms with Crippen molar-refractivity contribution in [1.82, 2.24) is 0 Å². The van der Waals surface area contributed by atoms with E-state index in [2.05, 4.69) is 90.2 Å². The molecule has 6 aromatic rings. The van der Waals surface area contributed by atoms with Gasteiger partial charge in [-0.15, -0.1) is 0 Å². The highest BCUT2D eigenvalue weighted by Crippen LogP contribution is 2.42. The molecule has 0 radical (unpaired) electrons. The third-order valence-electron chi connectivity index (χ3n) is 5.63. The number of hydrogen-bond donors (Lipinski definition) is 1. The number of rotatable bonds is 3. The number of para-hydroxylation sites is 2. The Balaban J connectivity index is 1.71. The van der Waals surface area contributed by atoms with E-state index in [1.807, 2.05) is 24.3 Å². The van der Waals surface area contributed by atoms with Crippen LogP contribution < -0.4 is 5.32 Å². The summed E-state index contributed by atoms with van der Waals surface area (Å²) in [4.78, 5) is 0. The number of hydrogen-bond acceptors (Lipinski definition) is 2. The Hall–Kier alpha value is -4.04. The van der Waals surface area contributed by atoms with Gasteiger partial charge in [0.2, 0.25) is 0 Å². The minimum atomic E-state index is 0.885. The number of nitrogens with one attached hydrogen (secondary N) is 1. The van der Waals surface area contributed by atoms with Crippen LogP contribution in [0.1, 0.15) is 0 Å². The Morgan fingerprint density at radius 3 is 2.10 bits per heavy atom. The highest BCUT2D eigenvalue weighted by molar-refractivity contribution is 6.23. The SMILES string of the molecule is c1ccc(Nc2cc3ccccc3c3c2oc2c(-c4ccccc4)cccc23)cc1. The van der Waals surface area contributed by atoms with E-state index in [1.165, 1.54) is 10.8 Å². The Morgan fingerprint density at radius 1 is 0.567 bits per heavy atom. The van der Waals surface area contributed by atoms with Crippen molar-refractivity contribution in [3.63, 3.8) is 0 Å². The maximum atomic E-state index is 6.59. The van der Waals surface area contributed by atoms with Crippen LogP contribution in [-0.4, -0.2) is 0 Å². The molecule has 1 aromatic heterocycles. The molecule has 0 amide bonds. The summed E-state index contributed by atoms with van der Waals surface area (Å²) in [6, 6.07) is 37.7. The van der Waals surface area contributed by atoms with Crippen molar-refractivity contribution in [3.8, 4) is 11.1 Å². The predicted octanol–water partition coefficient (Wildman–Crippen LogP) is 8.15. The van der Waals surface area contributed by atoms with E-state index in [9.17, 15) is 0 Å². The van der Waals surface area contributed by atoms with Crippen molar-refractivity contribution >= 4 is 44.1 Å². The van der Waals surface area contributed by atoms with Gasteiger partial charge in [-0.05, 0) is 34.5 Å². The molecule has 1 heterocycles. The maximum absolute atomic E-state index is 6.59. The first kappa shape index (κ1) is 16.9. The molecule has 5 aromatic carbocycles. The normalized spacial score (nSPS) is 11.3. The van der Waals surface area contributed by atoms with Crippen LogP contribution in [0.4, 0.5) is 11.4 Å². The summed E-state index contributed by atoms with van der Waals surface area (Å²) < 4.78 is 6.59. The summed E-state index contributed by atoms with van der Waals surface area (Å²) in [5.74, 6) is 0. The Morgan fingerprint density at radius 2 is 1.27 bits per heavy atom. The van der Waals surface area contributed by atoms with E-state index in [0.717, 1.165) is 44.4 Å². The molecule has 0 bridgehead atoms. The van der Waals surface area contributed by atoms with Gasteiger partial charge in [-0.1, -0.05) is 91.0 Å². The lowest BCUT2D eigenvalue weighted by Crippen LogP contribution is -1.90. The average molecular weight is 385 g/mol. The lowest BCUT2D eigenvalue weighted by Gasteiger charge is -2.09. The molecule has 0 saturated heterocycles. The molecule has 30 heavy (non-hydrogen) atoms. The van der Waals surface area contributed by atoms with Gasteiger partial charge in [0.25, 0.3) is 0 Å². The Bertz CT molecular complexity index is 1500. The summed E-state index contributed by atoms with van der Waals surface area (Å²) in [6.45, 7) is 0. The van der Waals surface area contributed by atoms with E-state index < -0.39 is 0 Å². The van der Waals surface area contributed by atoms with Gasteiger partial charge in [0.1, 0.15) is 5.58 Å². The van der Waals surface area contributed by atoms with Gasteiger partial charge in [-0.2, -0.15) is 0 Å². The van der Waals surface area contributed by atoms with Crippen LogP contribution in [0.15, 0.2) is 114 Å². The van der Waals surface area contributed by atoms with Crippen molar-refractivity contribution in [1.29, 1.82) is 0 Å². The molecular formula is C28H19NO. The van der Waals surface area contributed by atoms with E-state index in [4.69, 9.17) is 4.42 Å². The third kappa shape index (κ3) is 2.66. The van der Waals surface area contributed by atoms with E-state index in [-0.39, 0.29) is 0 Å². The van der Waals surface area contributed by atoms with E-state index in [0.29, 0.717) is 0 Å². The first-order valence-electron chi connectivity index (χ1n) is 10.1. The third-order valence-corrected chi connectivity index (χ3v) is 5.63. The second kappa shape index (κ2) is 6.78. The van der Waals surface area contributed by atoms with Crippen LogP contribution in [0, 0.1) is 0 Å². The lowest BCUT2D eigenvalue weighted by molar-refractivity contribution is 0.671. The highest BCUT2D eigenvalue weighted by Gasteiger charge is 2.17. The average Bonchev–Trinajstić information content (AvgIpc) is 3.21. The van der Waals surface area contributed by atoms with Crippen LogP contribution in [0.5, 0.6) is 0 Å². The van der Waals surface area contributed by atoms with Crippen LogP contribution >= 0.6 is 0 Å². The van der Waals surface area contributed by atoms with Gasteiger partial charge in [0, 0.05) is 22.0 Å². The molecule has 2 heteroatoms. The fourth-order valence-corrected chi connectivity index (χ4v) is 4.26. The van der Waals surface area contributed by atoms with Gasteiger partial charge in [-0.3, -0.25) is 0 Å². The highest BCUT2D eigenvalue weighted by atomic mass is 16.3. The number of furan rings is 1. The van der Waals surface area contributed by atoms with Crippen LogP contribution in [0.3, 0.4) is 0 Å². The molecule has 0 atom stereocenters. The Labute approximate surface area is 174 Å². The van der Waals surface area contributed by atoms with Crippen LogP contribution in [0.2, 0.25) is 0 Å². The number of fused-ring (bicyclic) bond motifs is 5. The van der Waals surface area contributed by atoms with E-state index >= 15 is 0 Å². The fraction of sp³-hybridized carbons (Fsp3) is 0. The standard InChI is InChI=1S/C28H19NO/c1-3-10-19(11-4-1)23-16-9-17-24-26-22-15-8-7-12-20(22)18-25(28(26)30-27(23)24)29-21-13-5-2-6-14-21/h1-18,29H. The maximum Gasteiger partial charge on any atom is 0.159 e. The molecule has 0 aliphatic heterocycles. The molecule has 0 aliphatic rings. The fourth-order valence-electron chi connectivity index (χ4n) is 4.26. The molecule has 2 nitrogen and oxygen atoms in total.